The third kappa shape index (κ3) is 5.84. The number of aromatic nitrogens is 3. The lowest BCUT2D eigenvalue weighted by atomic mass is 10.0. The Morgan fingerprint density at radius 2 is 1.76 bits per heavy atom. The Labute approximate surface area is 216 Å². The van der Waals surface area contributed by atoms with Gasteiger partial charge in [-0.25, -0.2) is 9.97 Å². The Kier molecular flexibility index (Phi) is 6.63. The second-order valence-corrected chi connectivity index (χ2v) is 10.2. The molecule has 1 amide bonds. The van der Waals surface area contributed by atoms with Gasteiger partial charge in [0.1, 0.15) is 0 Å². The van der Waals surface area contributed by atoms with E-state index in [1.807, 2.05) is 30.3 Å². The molecule has 2 N–H and O–H groups in total. The quantitative estimate of drug-likeness (QED) is 0.557. The van der Waals surface area contributed by atoms with Crippen LogP contribution >= 0.6 is 0 Å². The van der Waals surface area contributed by atoms with Crippen LogP contribution < -0.4 is 10.6 Å². The molecular formula is C28H31N7O2. The van der Waals surface area contributed by atoms with Crippen molar-refractivity contribution < 1.29 is 9.59 Å². The molecule has 1 aromatic carbocycles. The maximum Gasteiger partial charge on any atom is 0.234 e. The average molecular weight is 498 g/mol. The van der Waals surface area contributed by atoms with Crippen LogP contribution in [0.15, 0.2) is 54.9 Å². The first-order valence-corrected chi connectivity index (χ1v) is 13.0. The third-order valence-corrected chi connectivity index (χ3v) is 7.27. The summed E-state index contributed by atoms with van der Waals surface area (Å²) in [4.78, 5) is 44.2. The number of nitrogens with one attached hydrogen (secondary N) is 2. The first-order chi connectivity index (χ1) is 18.1. The van der Waals surface area contributed by atoms with Crippen LogP contribution in [-0.4, -0.2) is 75.2 Å². The van der Waals surface area contributed by atoms with Crippen LogP contribution in [0.5, 0.6) is 0 Å². The molecule has 1 aliphatic carbocycles. The van der Waals surface area contributed by atoms with E-state index in [0.717, 1.165) is 68.2 Å². The van der Waals surface area contributed by atoms with E-state index in [1.54, 1.807) is 12.4 Å². The van der Waals surface area contributed by atoms with Crippen LogP contribution in [0.2, 0.25) is 0 Å². The molecule has 9 rings (SSSR count). The van der Waals surface area contributed by atoms with Crippen molar-refractivity contribution in [1.82, 2.24) is 30.1 Å². The highest BCUT2D eigenvalue weighted by Crippen LogP contribution is 2.31. The number of Topliss-reactive ketones (excluding diaryl/α,β-unsaturated/α-hetero) is 1. The lowest BCUT2D eigenvalue weighted by molar-refractivity contribution is -0.129. The molecule has 5 aliphatic heterocycles. The fourth-order valence-electron chi connectivity index (χ4n) is 5.04. The second kappa shape index (κ2) is 10.4. The van der Waals surface area contributed by atoms with Crippen molar-refractivity contribution in [2.45, 2.75) is 31.8 Å². The Morgan fingerprint density at radius 1 is 0.946 bits per heavy atom. The molecule has 0 spiro atoms. The summed E-state index contributed by atoms with van der Waals surface area (Å²) >= 11 is 0. The molecule has 2 fully saturated rings. The molecule has 1 saturated heterocycles. The molecule has 0 radical (unpaired) electrons. The second-order valence-electron chi connectivity index (χ2n) is 10.2. The van der Waals surface area contributed by atoms with E-state index in [9.17, 15) is 9.59 Å². The van der Waals surface area contributed by atoms with Crippen LogP contribution in [-0.2, 0) is 22.6 Å². The molecule has 7 heterocycles. The van der Waals surface area contributed by atoms with E-state index < -0.39 is 6.04 Å². The number of anilines is 2. The summed E-state index contributed by atoms with van der Waals surface area (Å²) in [5.74, 6) is 0.612. The number of pyridine rings is 1. The maximum atomic E-state index is 13.0. The summed E-state index contributed by atoms with van der Waals surface area (Å²) in [5, 5.41) is 6.37. The van der Waals surface area contributed by atoms with Gasteiger partial charge < -0.3 is 10.6 Å². The highest BCUT2D eigenvalue weighted by molar-refractivity contribution is 5.92. The zero-order chi connectivity index (χ0) is 25.2. The number of piperazine rings is 1. The van der Waals surface area contributed by atoms with Crippen molar-refractivity contribution in [3.05, 3.63) is 66.1 Å². The zero-order valence-electron chi connectivity index (χ0n) is 20.8. The molecule has 1 atom stereocenters. The minimum atomic E-state index is -0.546. The monoisotopic (exact) mass is 497 g/mol. The summed E-state index contributed by atoms with van der Waals surface area (Å²) < 4.78 is 0. The molecule has 3 aromatic rings. The van der Waals surface area contributed by atoms with Gasteiger partial charge in [-0.2, -0.15) is 0 Å². The number of carbonyl (C=O) groups is 2. The van der Waals surface area contributed by atoms with Crippen LogP contribution in [0, 0.1) is 5.92 Å². The highest BCUT2D eigenvalue weighted by Gasteiger charge is 2.36. The van der Waals surface area contributed by atoms with Gasteiger partial charge in [0, 0.05) is 74.4 Å². The van der Waals surface area contributed by atoms with E-state index in [2.05, 4.69) is 47.5 Å². The Bertz CT molecular complexity index is 1280. The van der Waals surface area contributed by atoms with Gasteiger partial charge in [-0.05, 0) is 48.7 Å². The topological polar surface area (TPSA) is 103 Å². The van der Waals surface area contributed by atoms with Crippen molar-refractivity contribution in [3.63, 3.8) is 0 Å². The van der Waals surface area contributed by atoms with Crippen LogP contribution in [0.1, 0.15) is 24.1 Å². The van der Waals surface area contributed by atoms with Gasteiger partial charge in [0.2, 0.25) is 11.9 Å². The lowest BCUT2D eigenvalue weighted by Crippen LogP contribution is -2.51. The highest BCUT2D eigenvalue weighted by atomic mass is 16.2. The Balaban J connectivity index is 1.29. The van der Waals surface area contributed by atoms with Gasteiger partial charge in [-0.1, -0.05) is 12.1 Å². The fraction of sp³-hybridized carbons (Fsp3) is 0.393. The van der Waals surface area contributed by atoms with Crippen molar-refractivity contribution in [2.75, 3.05) is 38.0 Å². The number of ketones is 1. The number of benzene rings is 1. The smallest absolute Gasteiger partial charge is 0.234 e. The number of carbonyl (C=O) groups excluding carboxylic acids is 2. The maximum absolute atomic E-state index is 13.0. The number of hydrogen-bond donors (Lipinski definition) is 2. The molecule has 2 aromatic heterocycles. The summed E-state index contributed by atoms with van der Waals surface area (Å²) in [6, 6.07) is 13.5. The predicted molar refractivity (Wildman–Crippen MR) is 140 cm³/mol. The first kappa shape index (κ1) is 23.7. The first-order valence-electron chi connectivity index (χ1n) is 13.0. The van der Waals surface area contributed by atoms with Crippen LogP contribution in [0.4, 0.5) is 11.6 Å². The largest absolute Gasteiger partial charge is 0.345 e. The number of nitrogens with zero attached hydrogens (tertiary/aromatic N) is 5. The summed E-state index contributed by atoms with van der Waals surface area (Å²) in [7, 11) is 0. The molecular weight excluding hydrogens is 466 g/mol. The number of hydrogen-bond acceptors (Lipinski definition) is 8. The Hall–Kier alpha value is -3.69. The Morgan fingerprint density at radius 3 is 2.51 bits per heavy atom. The number of amides is 1. The van der Waals surface area contributed by atoms with Crippen molar-refractivity contribution in [1.29, 1.82) is 0 Å². The molecule has 9 heteroatoms. The molecule has 190 valence electrons. The summed E-state index contributed by atoms with van der Waals surface area (Å²) in [5.41, 5.74) is 4.54. The third-order valence-electron chi connectivity index (χ3n) is 7.27. The van der Waals surface area contributed by atoms with E-state index in [4.69, 9.17) is 0 Å². The zero-order valence-corrected chi connectivity index (χ0v) is 20.8. The van der Waals surface area contributed by atoms with E-state index in [1.165, 1.54) is 5.56 Å². The van der Waals surface area contributed by atoms with Crippen LogP contribution in [0.3, 0.4) is 0 Å². The molecule has 37 heavy (non-hydrogen) atoms. The summed E-state index contributed by atoms with van der Waals surface area (Å²) in [6.45, 7) is 4.55. The van der Waals surface area contributed by atoms with Gasteiger partial charge >= 0.3 is 0 Å². The van der Waals surface area contributed by atoms with Gasteiger partial charge in [0.25, 0.3) is 0 Å². The van der Waals surface area contributed by atoms with Crippen LogP contribution in [0.25, 0.3) is 11.3 Å². The molecule has 1 unspecified atom stereocenters. The van der Waals surface area contributed by atoms with E-state index in [-0.39, 0.29) is 17.6 Å². The standard InChI is InChI=1S/C28H31N7O2/c36-26-18-35-12-10-34(11-13-35)17-19-2-1-3-23(14-19)31-28-29-9-8-24(33-28)21-6-7-22(30-16-21)15-25(32-26)27(37)20-4-5-20/h1-3,6-9,14,16,20,25H,4-5,10-13,15,17-18H2,(H,32,36)(H,29,31,33). The van der Waals surface area contributed by atoms with Crippen molar-refractivity contribution >= 4 is 23.3 Å². The predicted octanol–water partition coefficient (Wildman–Crippen LogP) is 2.42. The molecule has 1 saturated carbocycles. The van der Waals surface area contributed by atoms with Gasteiger partial charge in [-0.3, -0.25) is 24.4 Å². The number of rotatable bonds is 2. The summed E-state index contributed by atoms with van der Waals surface area (Å²) in [6.07, 6.45) is 5.71. The fourth-order valence-corrected chi connectivity index (χ4v) is 5.04. The van der Waals surface area contributed by atoms with Gasteiger partial charge in [-0.15, -0.1) is 0 Å². The molecule has 6 aliphatic rings. The normalized spacial score (nSPS) is 24.0. The SMILES string of the molecule is O=C1CN2CCN(CC2)Cc2cccc(c2)Nc2nccc(n2)-c2ccc(nc2)CC(C(=O)C2CC2)N1. The van der Waals surface area contributed by atoms with E-state index >= 15 is 0 Å². The molecule has 9 nitrogen and oxygen atoms in total. The minimum absolute atomic E-state index is 0.0624. The van der Waals surface area contributed by atoms with Gasteiger partial charge in [0.05, 0.1) is 18.3 Å². The lowest BCUT2D eigenvalue weighted by Gasteiger charge is -2.34. The van der Waals surface area contributed by atoms with Crippen molar-refractivity contribution in [2.24, 2.45) is 5.92 Å². The molecule has 8 bridgehead atoms. The average Bonchev–Trinajstić information content (AvgIpc) is 3.75. The van der Waals surface area contributed by atoms with Gasteiger partial charge in [0.15, 0.2) is 5.78 Å². The van der Waals surface area contributed by atoms with E-state index in [0.29, 0.717) is 18.9 Å². The minimum Gasteiger partial charge on any atom is -0.345 e. The van der Waals surface area contributed by atoms with Crippen molar-refractivity contribution in [3.8, 4) is 11.3 Å².